The summed E-state index contributed by atoms with van der Waals surface area (Å²) in [4.78, 5) is 27.7. The fourth-order valence-corrected chi connectivity index (χ4v) is 5.64. The average Bonchev–Trinajstić information content (AvgIpc) is 2.89. The van der Waals surface area contributed by atoms with Gasteiger partial charge in [-0.2, -0.15) is 13.2 Å². The summed E-state index contributed by atoms with van der Waals surface area (Å²) in [6, 6.07) is 14.8. The van der Waals surface area contributed by atoms with E-state index in [0.717, 1.165) is 17.7 Å². The van der Waals surface area contributed by atoms with Gasteiger partial charge in [0, 0.05) is 17.6 Å². The van der Waals surface area contributed by atoms with Gasteiger partial charge < -0.3 is 10.2 Å². The summed E-state index contributed by atoms with van der Waals surface area (Å²) in [5.74, 6) is -1.29. The number of halogens is 4. The summed E-state index contributed by atoms with van der Waals surface area (Å²) in [6.07, 6.45) is -4.75. The zero-order valence-corrected chi connectivity index (χ0v) is 24.5. The van der Waals surface area contributed by atoms with Gasteiger partial charge in [-0.3, -0.25) is 13.9 Å². The van der Waals surface area contributed by atoms with Crippen LogP contribution in [0.5, 0.6) is 0 Å². The molecule has 7 nitrogen and oxygen atoms in total. The van der Waals surface area contributed by atoms with E-state index in [0.29, 0.717) is 21.0 Å². The third-order valence-electron chi connectivity index (χ3n) is 6.19. The van der Waals surface area contributed by atoms with Crippen LogP contribution in [0.25, 0.3) is 0 Å². The summed E-state index contributed by atoms with van der Waals surface area (Å²) in [5.41, 5.74) is -0.0897. The summed E-state index contributed by atoms with van der Waals surface area (Å²) < 4.78 is 68.9. The Hall–Kier alpha value is -3.57. The number of carbonyl (C=O) groups excluding carboxylic acids is 2. The number of aryl methyl sites for hydroxylation is 1. The molecule has 3 aromatic rings. The smallest absolute Gasteiger partial charge is 0.352 e. The summed E-state index contributed by atoms with van der Waals surface area (Å²) >= 11 is 6.11. The van der Waals surface area contributed by atoms with Gasteiger partial charge in [0.2, 0.25) is 11.8 Å². The highest BCUT2D eigenvalue weighted by Gasteiger charge is 2.35. The Bertz CT molecular complexity index is 1500. The van der Waals surface area contributed by atoms with Crippen molar-refractivity contribution in [3.05, 3.63) is 94.5 Å². The van der Waals surface area contributed by atoms with Gasteiger partial charge in [-0.15, -0.1) is 0 Å². The normalized spacial score (nSPS) is 12.6. The van der Waals surface area contributed by atoms with Crippen molar-refractivity contribution >= 4 is 39.1 Å². The molecule has 1 unspecified atom stereocenters. The molecule has 0 aromatic heterocycles. The first-order chi connectivity index (χ1) is 19.1. The minimum Gasteiger partial charge on any atom is -0.352 e. The second kappa shape index (κ2) is 12.9. The third kappa shape index (κ3) is 8.23. The quantitative estimate of drug-likeness (QED) is 0.315. The van der Waals surface area contributed by atoms with E-state index in [1.165, 1.54) is 30.0 Å². The van der Waals surface area contributed by atoms with Crippen molar-refractivity contribution in [3.8, 4) is 0 Å². The number of alkyl halides is 3. The lowest BCUT2D eigenvalue weighted by Gasteiger charge is -2.32. The van der Waals surface area contributed by atoms with Crippen LogP contribution in [-0.4, -0.2) is 43.8 Å². The highest BCUT2D eigenvalue weighted by molar-refractivity contribution is 7.92. The number of amides is 2. The lowest BCUT2D eigenvalue weighted by molar-refractivity contribution is -0.139. The minimum atomic E-state index is -4.75. The largest absolute Gasteiger partial charge is 0.416 e. The molecule has 0 radical (unpaired) electrons. The van der Waals surface area contributed by atoms with Crippen molar-refractivity contribution in [2.45, 2.75) is 57.4 Å². The van der Waals surface area contributed by atoms with Crippen LogP contribution in [0.2, 0.25) is 5.02 Å². The molecule has 0 saturated heterocycles. The number of nitrogens with one attached hydrogen (secondary N) is 1. The van der Waals surface area contributed by atoms with Gasteiger partial charge in [0.25, 0.3) is 10.0 Å². The number of hydrogen-bond acceptors (Lipinski definition) is 4. The first-order valence-corrected chi connectivity index (χ1v) is 14.5. The Morgan fingerprint density at radius 2 is 1.59 bits per heavy atom. The molecule has 220 valence electrons. The summed E-state index contributed by atoms with van der Waals surface area (Å²) in [5, 5.41) is 3.12. The number of nitrogens with zero attached hydrogens (tertiary/aromatic N) is 2. The molecule has 0 saturated carbocycles. The Morgan fingerprint density at radius 3 is 2.17 bits per heavy atom. The van der Waals surface area contributed by atoms with Crippen LogP contribution in [0.1, 0.15) is 37.5 Å². The maximum Gasteiger partial charge on any atom is 0.416 e. The van der Waals surface area contributed by atoms with Gasteiger partial charge in [-0.05, 0) is 75.7 Å². The average molecular weight is 610 g/mol. The Morgan fingerprint density at radius 1 is 0.951 bits per heavy atom. The lowest BCUT2D eigenvalue weighted by atomic mass is 10.1. The zero-order chi connectivity index (χ0) is 30.5. The zero-order valence-electron chi connectivity index (χ0n) is 22.9. The van der Waals surface area contributed by atoms with Gasteiger partial charge in [0.1, 0.15) is 12.6 Å². The summed E-state index contributed by atoms with van der Waals surface area (Å²) in [7, 11) is -4.51. The molecular formula is C29H31ClF3N3O4S. The molecule has 0 spiro atoms. The molecule has 0 heterocycles. The molecule has 3 aromatic carbocycles. The highest BCUT2D eigenvalue weighted by Crippen LogP contribution is 2.33. The predicted molar refractivity (Wildman–Crippen MR) is 152 cm³/mol. The topological polar surface area (TPSA) is 86.8 Å². The molecule has 2 amide bonds. The van der Waals surface area contributed by atoms with E-state index in [1.807, 2.05) is 0 Å². The van der Waals surface area contributed by atoms with Gasteiger partial charge >= 0.3 is 6.18 Å². The lowest BCUT2D eigenvalue weighted by Crippen LogP contribution is -2.52. The predicted octanol–water partition coefficient (Wildman–Crippen LogP) is 5.80. The van der Waals surface area contributed by atoms with E-state index >= 15 is 0 Å². The Kier molecular flexibility index (Phi) is 10.1. The maximum atomic E-state index is 13.8. The fraction of sp³-hybridized carbons (Fsp3) is 0.310. The molecule has 12 heteroatoms. The Labute approximate surface area is 243 Å². The Balaban J connectivity index is 2.10. The fourth-order valence-electron chi connectivity index (χ4n) is 4.02. The molecule has 41 heavy (non-hydrogen) atoms. The van der Waals surface area contributed by atoms with Gasteiger partial charge in [-0.25, -0.2) is 8.42 Å². The molecule has 1 N–H and O–H groups in total. The second-order valence-electron chi connectivity index (χ2n) is 9.86. The van der Waals surface area contributed by atoms with Crippen LogP contribution in [0.15, 0.2) is 77.7 Å². The number of carbonyl (C=O) groups is 2. The SMILES string of the molecule is Cc1ccc(S(=O)(=O)N(CC(=O)N(Cc2cccc(Cl)c2)C(C)C(=O)NC(C)C)c2cccc(C(F)(F)F)c2)cc1. The van der Waals surface area contributed by atoms with Crippen molar-refractivity contribution in [2.24, 2.45) is 0 Å². The van der Waals surface area contributed by atoms with Crippen molar-refractivity contribution in [1.82, 2.24) is 10.2 Å². The van der Waals surface area contributed by atoms with Crippen LogP contribution in [0.4, 0.5) is 18.9 Å². The molecule has 0 aliphatic rings. The van der Waals surface area contributed by atoms with E-state index in [-0.39, 0.29) is 23.2 Å². The van der Waals surface area contributed by atoms with Crippen LogP contribution in [-0.2, 0) is 32.3 Å². The van der Waals surface area contributed by atoms with Crippen molar-refractivity contribution < 1.29 is 31.2 Å². The van der Waals surface area contributed by atoms with E-state index in [9.17, 15) is 31.2 Å². The van der Waals surface area contributed by atoms with Gasteiger partial charge in [-0.1, -0.05) is 47.5 Å². The monoisotopic (exact) mass is 609 g/mol. The first kappa shape index (κ1) is 32.0. The number of benzene rings is 3. The molecule has 1 atom stereocenters. The van der Waals surface area contributed by atoms with Gasteiger partial charge in [0.05, 0.1) is 16.1 Å². The van der Waals surface area contributed by atoms with Crippen LogP contribution in [0, 0.1) is 6.92 Å². The van der Waals surface area contributed by atoms with E-state index in [4.69, 9.17) is 11.6 Å². The van der Waals surface area contributed by atoms with Gasteiger partial charge in [0.15, 0.2) is 0 Å². The number of anilines is 1. The maximum absolute atomic E-state index is 13.8. The van der Waals surface area contributed by atoms with E-state index in [1.54, 1.807) is 57.2 Å². The molecular weight excluding hydrogens is 579 g/mol. The van der Waals surface area contributed by atoms with Crippen LogP contribution in [0.3, 0.4) is 0 Å². The molecule has 0 bridgehead atoms. The standard InChI is InChI=1S/C29H31ClF3N3O4S/c1-19(2)34-28(38)21(4)35(17-22-7-5-9-24(30)15-22)27(37)18-36(25-10-6-8-23(16-25)29(31,32)33)41(39,40)26-13-11-20(3)12-14-26/h5-16,19,21H,17-18H2,1-4H3,(H,34,38). The molecule has 0 aliphatic heterocycles. The first-order valence-electron chi connectivity index (χ1n) is 12.7. The van der Waals surface area contributed by atoms with Crippen molar-refractivity contribution in [2.75, 3.05) is 10.8 Å². The molecule has 3 rings (SSSR count). The molecule has 0 fully saturated rings. The number of hydrogen-bond donors (Lipinski definition) is 1. The van der Waals surface area contributed by atoms with E-state index in [2.05, 4.69) is 5.32 Å². The van der Waals surface area contributed by atoms with Crippen molar-refractivity contribution in [3.63, 3.8) is 0 Å². The highest BCUT2D eigenvalue weighted by atomic mass is 35.5. The van der Waals surface area contributed by atoms with E-state index < -0.39 is 46.2 Å². The van der Waals surface area contributed by atoms with Crippen LogP contribution >= 0.6 is 11.6 Å². The van der Waals surface area contributed by atoms with Crippen LogP contribution < -0.4 is 9.62 Å². The third-order valence-corrected chi connectivity index (χ3v) is 8.21. The number of rotatable bonds is 10. The summed E-state index contributed by atoms with van der Waals surface area (Å²) in [6.45, 7) is 5.77. The molecule has 0 aliphatic carbocycles. The minimum absolute atomic E-state index is 0.104. The second-order valence-corrected chi connectivity index (χ2v) is 12.2. The number of sulfonamides is 1. The van der Waals surface area contributed by atoms with Crippen molar-refractivity contribution in [1.29, 1.82) is 0 Å².